The summed E-state index contributed by atoms with van der Waals surface area (Å²) in [6.45, 7) is 3.50. The van der Waals surface area contributed by atoms with Gasteiger partial charge in [-0.15, -0.1) is 13.2 Å². The Morgan fingerprint density at radius 2 is 2.12 bits per heavy atom. The van der Waals surface area contributed by atoms with Crippen molar-refractivity contribution in [1.29, 1.82) is 0 Å². The molecule has 0 aliphatic carbocycles. The number of nitrogens with one attached hydrogen (secondary N) is 2. The van der Waals surface area contributed by atoms with E-state index in [2.05, 4.69) is 20.3 Å². The quantitative estimate of drug-likeness (QED) is 0.777. The Labute approximate surface area is 136 Å². The van der Waals surface area contributed by atoms with E-state index in [1.807, 2.05) is 0 Å². The summed E-state index contributed by atoms with van der Waals surface area (Å²) in [4.78, 5) is 12.1. The summed E-state index contributed by atoms with van der Waals surface area (Å²) in [7, 11) is 0. The van der Waals surface area contributed by atoms with Gasteiger partial charge in [-0.25, -0.2) is 0 Å². The summed E-state index contributed by atoms with van der Waals surface area (Å²) in [5.41, 5.74) is 8.28. The monoisotopic (exact) mass is 342 g/mol. The van der Waals surface area contributed by atoms with Crippen LogP contribution < -0.4 is 15.8 Å². The number of aromatic nitrogens is 2. The number of aryl methyl sites for hydroxylation is 2. The number of benzene rings is 1. The first-order valence-corrected chi connectivity index (χ1v) is 7.07. The molecule has 1 heterocycles. The number of ether oxygens (including phenoxy) is 1. The summed E-state index contributed by atoms with van der Waals surface area (Å²) in [5, 5.41) is 9.31. The van der Waals surface area contributed by atoms with Crippen LogP contribution >= 0.6 is 0 Å². The minimum absolute atomic E-state index is 0.0253. The maximum absolute atomic E-state index is 12.2. The first kappa shape index (κ1) is 17.8. The van der Waals surface area contributed by atoms with E-state index >= 15 is 0 Å². The molecule has 0 aliphatic rings. The van der Waals surface area contributed by atoms with Crippen molar-refractivity contribution in [3.05, 3.63) is 46.8 Å². The highest BCUT2D eigenvalue weighted by Gasteiger charge is 2.31. The molecule has 1 amide bonds. The van der Waals surface area contributed by atoms with Crippen LogP contribution in [0.3, 0.4) is 0 Å². The van der Waals surface area contributed by atoms with Crippen LogP contribution in [0.25, 0.3) is 0 Å². The van der Waals surface area contributed by atoms with Crippen LogP contribution in [0, 0.1) is 13.8 Å². The Hall–Kier alpha value is -2.55. The van der Waals surface area contributed by atoms with E-state index in [9.17, 15) is 18.0 Å². The molecule has 0 radical (unpaired) electrons. The fourth-order valence-electron chi connectivity index (χ4n) is 2.30. The van der Waals surface area contributed by atoms with E-state index < -0.39 is 18.3 Å². The Balaban J connectivity index is 2.00. The van der Waals surface area contributed by atoms with Crippen molar-refractivity contribution >= 4 is 5.91 Å². The van der Waals surface area contributed by atoms with E-state index in [1.165, 1.54) is 18.2 Å². The number of H-pyrrole nitrogens is 1. The summed E-state index contributed by atoms with van der Waals surface area (Å²) in [6.07, 6.45) is -4.76. The zero-order chi connectivity index (χ0) is 17.9. The number of alkyl halides is 3. The van der Waals surface area contributed by atoms with E-state index in [0.717, 1.165) is 0 Å². The number of halogens is 3. The number of hydrogen-bond acceptors (Lipinski definition) is 4. The largest absolute Gasteiger partial charge is 0.573 e. The second-order valence-corrected chi connectivity index (χ2v) is 5.24. The number of rotatable bonds is 5. The smallest absolute Gasteiger partial charge is 0.406 e. The van der Waals surface area contributed by atoms with E-state index in [4.69, 9.17) is 5.73 Å². The first-order chi connectivity index (χ1) is 11.2. The van der Waals surface area contributed by atoms with Gasteiger partial charge in [0.05, 0.1) is 5.69 Å². The molecule has 0 saturated carbocycles. The molecule has 0 spiro atoms. The van der Waals surface area contributed by atoms with Crippen molar-refractivity contribution in [2.45, 2.75) is 32.8 Å². The summed E-state index contributed by atoms with van der Waals surface area (Å²) >= 11 is 0. The van der Waals surface area contributed by atoms with Crippen LogP contribution in [0.15, 0.2) is 24.3 Å². The van der Waals surface area contributed by atoms with Gasteiger partial charge < -0.3 is 15.8 Å². The van der Waals surface area contributed by atoms with Crippen molar-refractivity contribution in [1.82, 2.24) is 15.5 Å². The van der Waals surface area contributed by atoms with Crippen LogP contribution in [0.2, 0.25) is 0 Å². The normalized spacial score (nSPS) is 12.8. The molecule has 1 aromatic heterocycles. The van der Waals surface area contributed by atoms with Crippen LogP contribution in [0.5, 0.6) is 5.75 Å². The van der Waals surface area contributed by atoms with Gasteiger partial charge in [-0.05, 0) is 31.5 Å². The molecule has 2 rings (SSSR count). The third kappa shape index (κ3) is 4.48. The van der Waals surface area contributed by atoms with Gasteiger partial charge in [-0.3, -0.25) is 9.89 Å². The molecular weight excluding hydrogens is 325 g/mol. The summed E-state index contributed by atoms with van der Waals surface area (Å²) in [6, 6.07) is 4.45. The van der Waals surface area contributed by atoms with E-state index in [-0.39, 0.29) is 12.3 Å². The second-order valence-electron chi connectivity index (χ2n) is 5.24. The second kappa shape index (κ2) is 6.91. The number of amides is 1. The summed E-state index contributed by atoms with van der Waals surface area (Å²) < 4.78 is 40.5. The molecule has 0 aliphatic heterocycles. The topological polar surface area (TPSA) is 93.0 Å². The molecule has 9 heteroatoms. The lowest BCUT2D eigenvalue weighted by molar-refractivity contribution is -0.274. The van der Waals surface area contributed by atoms with Gasteiger partial charge in [0.25, 0.3) is 0 Å². The average Bonchev–Trinajstić information content (AvgIpc) is 2.82. The summed E-state index contributed by atoms with van der Waals surface area (Å²) in [5.74, 6) is -0.801. The molecular formula is C15H17F3N4O2. The van der Waals surface area contributed by atoms with Crippen LogP contribution in [-0.2, 0) is 11.3 Å². The van der Waals surface area contributed by atoms with Crippen molar-refractivity contribution in [3.63, 3.8) is 0 Å². The van der Waals surface area contributed by atoms with Crippen molar-refractivity contribution in [2.24, 2.45) is 5.73 Å². The Morgan fingerprint density at radius 3 is 2.71 bits per heavy atom. The third-order valence-electron chi connectivity index (χ3n) is 3.38. The number of aromatic amines is 1. The molecule has 24 heavy (non-hydrogen) atoms. The van der Waals surface area contributed by atoms with Crippen molar-refractivity contribution in [3.8, 4) is 5.75 Å². The fourth-order valence-corrected chi connectivity index (χ4v) is 2.30. The molecule has 2 aromatic rings. The molecule has 4 N–H and O–H groups in total. The fraction of sp³-hybridized carbons (Fsp3) is 0.333. The number of nitrogens with two attached hydrogens (primary N) is 1. The zero-order valence-corrected chi connectivity index (χ0v) is 13.1. The SMILES string of the molecule is Cc1n[nH]c(C)c1[C@H](N)C(=O)NCc1cccc(OC(F)(F)F)c1. The molecule has 0 bridgehead atoms. The molecule has 130 valence electrons. The maximum Gasteiger partial charge on any atom is 0.573 e. The van der Waals surface area contributed by atoms with E-state index in [1.54, 1.807) is 19.9 Å². The van der Waals surface area contributed by atoms with Gasteiger partial charge in [-0.2, -0.15) is 5.10 Å². The Kier molecular flexibility index (Phi) is 5.13. The predicted octanol–water partition coefficient (Wildman–Crippen LogP) is 2.24. The molecule has 0 unspecified atom stereocenters. The van der Waals surface area contributed by atoms with Crippen molar-refractivity contribution < 1.29 is 22.7 Å². The number of hydrogen-bond donors (Lipinski definition) is 3. The molecule has 6 nitrogen and oxygen atoms in total. The standard InChI is InChI=1S/C15H17F3N4O2/c1-8-12(9(2)22-21-8)13(19)14(23)20-7-10-4-3-5-11(6-10)24-15(16,17)18/h3-6,13H,7,19H2,1-2H3,(H,20,23)(H,21,22)/t13-/m0/s1. The van der Waals surface area contributed by atoms with Gasteiger partial charge in [0.1, 0.15) is 11.8 Å². The number of carbonyl (C=O) groups is 1. The van der Waals surface area contributed by atoms with Gasteiger partial charge in [0, 0.05) is 17.8 Å². The molecule has 0 fully saturated rings. The average molecular weight is 342 g/mol. The third-order valence-corrected chi connectivity index (χ3v) is 3.38. The predicted molar refractivity (Wildman–Crippen MR) is 80.0 cm³/mol. The van der Waals surface area contributed by atoms with Crippen molar-refractivity contribution in [2.75, 3.05) is 0 Å². The minimum Gasteiger partial charge on any atom is -0.406 e. The van der Waals surface area contributed by atoms with Gasteiger partial charge in [0.15, 0.2) is 0 Å². The highest BCUT2D eigenvalue weighted by Crippen LogP contribution is 2.23. The molecule has 1 atom stereocenters. The lowest BCUT2D eigenvalue weighted by Gasteiger charge is -2.14. The van der Waals surface area contributed by atoms with Gasteiger partial charge in [-0.1, -0.05) is 12.1 Å². The minimum atomic E-state index is -4.76. The van der Waals surface area contributed by atoms with Crippen LogP contribution in [0.4, 0.5) is 13.2 Å². The first-order valence-electron chi connectivity index (χ1n) is 7.07. The number of carbonyl (C=O) groups excluding carboxylic acids is 1. The Morgan fingerprint density at radius 1 is 1.42 bits per heavy atom. The molecule has 1 aromatic carbocycles. The Bertz CT molecular complexity index is 708. The lowest BCUT2D eigenvalue weighted by Crippen LogP contribution is -2.34. The maximum atomic E-state index is 12.2. The van der Waals surface area contributed by atoms with Crippen LogP contribution in [0.1, 0.15) is 28.6 Å². The lowest BCUT2D eigenvalue weighted by atomic mass is 10.1. The molecule has 0 saturated heterocycles. The number of nitrogens with zero attached hydrogens (tertiary/aromatic N) is 1. The van der Waals surface area contributed by atoms with E-state index in [0.29, 0.717) is 22.5 Å². The van der Waals surface area contributed by atoms with Gasteiger partial charge >= 0.3 is 6.36 Å². The highest BCUT2D eigenvalue weighted by atomic mass is 19.4. The van der Waals surface area contributed by atoms with Crippen LogP contribution in [-0.4, -0.2) is 22.5 Å². The zero-order valence-electron chi connectivity index (χ0n) is 13.1. The highest BCUT2D eigenvalue weighted by molar-refractivity contribution is 5.83. The van der Waals surface area contributed by atoms with Gasteiger partial charge in [0.2, 0.25) is 5.91 Å².